The van der Waals surface area contributed by atoms with Crippen molar-refractivity contribution < 1.29 is 4.79 Å². The van der Waals surface area contributed by atoms with Gasteiger partial charge in [0.05, 0.1) is 0 Å². The molecule has 2 rings (SSSR count). The highest BCUT2D eigenvalue weighted by atomic mass is 35.5. The van der Waals surface area contributed by atoms with Gasteiger partial charge in [0.2, 0.25) is 5.91 Å². The van der Waals surface area contributed by atoms with Crippen molar-refractivity contribution in [3.8, 4) is 0 Å². The summed E-state index contributed by atoms with van der Waals surface area (Å²) in [5.41, 5.74) is 8.11. The lowest BCUT2D eigenvalue weighted by Gasteiger charge is -2.25. The summed E-state index contributed by atoms with van der Waals surface area (Å²) in [4.78, 5) is 12.2. The second-order valence-electron chi connectivity index (χ2n) is 6.25. The first kappa shape index (κ1) is 19.2. The van der Waals surface area contributed by atoms with Gasteiger partial charge in [0, 0.05) is 19.0 Å². The van der Waals surface area contributed by atoms with E-state index in [-0.39, 0.29) is 29.8 Å². The fourth-order valence-corrected chi connectivity index (χ4v) is 2.50. The number of carbonyl (C=O) groups excluding carboxylic acids is 1. The third-order valence-electron chi connectivity index (χ3n) is 3.90. The molecule has 0 aliphatic rings. The minimum absolute atomic E-state index is 0. The van der Waals surface area contributed by atoms with Crippen LogP contribution in [0.1, 0.15) is 37.4 Å². The van der Waals surface area contributed by atoms with E-state index in [1.807, 2.05) is 48.5 Å². The molecule has 1 atom stereocenters. The van der Waals surface area contributed by atoms with Crippen LogP contribution in [0.15, 0.2) is 60.7 Å². The Kier molecular flexibility index (Phi) is 7.27. The third-order valence-corrected chi connectivity index (χ3v) is 3.90. The molecule has 2 aromatic rings. The Morgan fingerprint density at radius 3 is 2.13 bits per heavy atom. The van der Waals surface area contributed by atoms with E-state index in [9.17, 15) is 4.79 Å². The number of halogens is 1. The average Bonchev–Trinajstić information content (AvgIpc) is 2.54. The molecule has 0 aliphatic carbocycles. The number of nitrogens with one attached hydrogen (secondary N) is 1. The van der Waals surface area contributed by atoms with Crippen LogP contribution in [-0.2, 0) is 10.2 Å². The van der Waals surface area contributed by atoms with Crippen molar-refractivity contribution in [3.63, 3.8) is 0 Å². The number of hydrogen-bond donors (Lipinski definition) is 2. The van der Waals surface area contributed by atoms with Crippen LogP contribution in [-0.4, -0.2) is 12.5 Å². The molecule has 23 heavy (non-hydrogen) atoms. The second kappa shape index (κ2) is 8.70. The molecule has 0 bridgehead atoms. The third kappa shape index (κ3) is 5.70. The molecule has 1 amide bonds. The lowest BCUT2D eigenvalue weighted by Crippen LogP contribution is -2.35. The van der Waals surface area contributed by atoms with Crippen LogP contribution in [0.4, 0.5) is 0 Å². The quantitative estimate of drug-likeness (QED) is 0.849. The van der Waals surface area contributed by atoms with Gasteiger partial charge in [-0.1, -0.05) is 74.5 Å². The van der Waals surface area contributed by atoms with Gasteiger partial charge in [-0.05, 0) is 16.5 Å². The second-order valence-corrected chi connectivity index (χ2v) is 6.25. The van der Waals surface area contributed by atoms with Crippen LogP contribution >= 0.6 is 12.4 Å². The molecule has 3 N–H and O–H groups in total. The summed E-state index contributed by atoms with van der Waals surface area (Å²) in [5.74, 6) is 0.0280. The first-order valence-electron chi connectivity index (χ1n) is 7.62. The molecule has 4 heteroatoms. The number of benzene rings is 2. The molecule has 0 aromatic heterocycles. The van der Waals surface area contributed by atoms with Crippen LogP contribution in [0.3, 0.4) is 0 Å². The molecule has 2 aromatic carbocycles. The highest BCUT2D eigenvalue weighted by Gasteiger charge is 2.24. The minimum Gasteiger partial charge on any atom is -0.354 e. The van der Waals surface area contributed by atoms with Crippen molar-refractivity contribution >= 4 is 18.3 Å². The highest BCUT2D eigenvalue weighted by Crippen LogP contribution is 2.26. The number of carbonyl (C=O) groups is 1. The Hall–Kier alpha value is -1.84. The van der Waals surface area contributed by atoms with E-state index in [1.165, 1.54) is 0 Å². The SMILES string of the molecule is CC(C)(CC(=O)NCC(N)c1ccccc1)c1ccccc1.Cl. The van der Waals surface area contributed by atoms with Gasteiger partial charge in [-0.15, -0.1) is 12.4 Å². The Balaban J connectivity index is 0.00000264. The van der Waals surface area contributed by atoms with Gasteiger partial charge in [0.15, 0.2) is 0 Å². The van der Waals surface area contributed by atoms with Gasteiger partial charge >= 0.3 is 0 Å². The molecule has 0 saturated heterocycles. The van der Waals surface area contributed by atoms with Crippen LogP contribution in [0.2, 0.25) is 0 Å². The summed E-state index contributed by atoms with van der Waals surface area (Å²) in [6, 6.07) is 19.7. The lowest BCUT2D eigenvalue weighted by molar-refractivity contribution is -0.122. The fourth-order valence-electron chi connectivity index (χ4n) is 2.50. The Morgan fingerprint density at radius 1 is 1.04 bits per heavy atom. The molecular formula is C19H25ClN2O. The standard InChI is InChI=1S/C19H24N2O.ClH/c1-19(2,16-11-7-4-8-12-16)13-18(22)21-14-17(20)15-9-5-3-6-10-15;/h3-12,17H,13-14,20H2,1-2H3,(H,21,22);1H. The Morgan fingerprint density at radius 2 is 1.57 bits per heavy atom. The Bertz CT molecular complexity index is 599. The molecule has 1 unspecified atom stereocenters. The number of nitrogens with two attached hydrogens (primary N) is 1. The minimum atomic E-state index is -0.192. The van der Waals surface area contributed by atoms with Crippen LogP contribution in [0.25, 0.3) is 0 Å². The van der Waals surface area contributed by atoms with Gasteiger partial charge in [-0.3, -0.25) is 4.79 Å². The summed E-state index contributed by atoms with van der Waals surface area (Å²) >= 11 is 0. The molecule has 0 radical (unpaired) electrons. The van der Waals surface area contributed by atoms with Crippen LogP contribution in [0, 0.1) is 0 Å². The van der Waals surface area contributed by atoms with Crippen molar-refractivity contribution in [1.29, 1.82) is 0 Å². The molecule has 0 aliphatic heterocycles. The highest BCUT2D eigenvalue weighted by molar-refractivity contribution is 5.85. The van der Waals surface area contributed by atoms with E-state index in [4.69, 9.17) is 5.73 Å². The maximum Gasteiger partial charge on any atom is 0.220 e. The van der Waals surface area contributed by atoms with E-state index < -0.39 is 0 Å². The predicted octanol–water partition coefficient (Wildman–Crippen LogP) is 3.59. The van der Waals surface area contributed by atoms with Crippen molar-refractivity contribution in [1.82, 2.24) is 5.32 Å². The summed E-state index contributed by atoms with van der Waals surface area (Å²) in [6.07, 6.45) is 0.443. The van der Waals surface area contributed by atoms with Gasteiger partial charge in [-0.2, -0.15) is 0 Å². The zero-order valence-electron chi connectivity index (χ0n) is 13.7. The number of rotatable bonds is 6. The Labute approximate surface area is 144 Å². The molecule has 3 nitrogen and oxygen atoms in total. The fraction of sp³-hybridized carbons (Fsp3) is 0.316. The summed E-state index contributed by atoms with van der Waals surface area (Å²) in [7, 11) is 0. The van der Waals surface area contributed by atoms with Crippen molar-refractivity contribution in [2.75, 3.05) is 6.54 Å². The molecule has 0 saturated carbocycles. The molecule has 124 valence electrons. The van der Waals surface area contributed by atoms with E-state index in [0.717, 1.165) is 11.1 Å². The first-order valence-corrected chi connectivity index (χ1v) is 7.62. The van der Waals surface area contributed by atoms with Gasteiger partial charge < -0.3 is 11.1 Å². The van der Waals surface area contributed by atoms with Crippen molar-refractivity contribution in [3.05, 3.63) is 71.8 Å². The van der Waals surface area contributed by atoms with Gasteiger partial charge in [-0.25, -0.2) is 0 Å². The summed E-state index contributed by atoms with van der Waals surface area (Å²) < 4.78 is 0. The van der Waals surface area contributed by atoms with E-state index in [1.54, 1.807) is 0 Å². The van der Waals surface area contributed by atoms with Crippen LogP contribution in [0.5, 0.6) is 0 Å². The smallest absolute Gasteiger partial charge is 0.220 e. The normalized spacial score (nSPS) is 12.1. The topological polar surface area (TPSA) is 55.1 Å². The summed E-state index contributed by atoms with van der Waals surface area (Å²) in [5, 5.41) is 2.94. The van der Waals surface area contributed by atoms with E-state index >= 15 is 0 Å². The molecule has 0 heterocycles. The van der Waals surface area contributed by atoms with Crippen molar-refractivity contribution in [2.45, 2.75) is 31.7 Å². The largest absolute Gasteiger partial charge is 0.354 e. The lowest BCUT2D eigenvalue weighted by atomic mass is 9.81. The molecular weight excluding hydrogens is 308 g/mol. The number of amides is 1. The van der Waals surface area contributed by atoms with E-state index in [2.05, 4.69) is 31.3 Å². The van der Waals surface area contributed by atoms with E-state index in [0.29, 0.717) is 13.0 Å². The monoisotopic (exact) mass is 332 g/mol. The maximum atomic E-state index is 12.2. The zero-order chi connectivity index (χ0) is 16.0. The van der Waals surface area contributed by atoms with Crippen LogP contribution < -0.4 is 11.1 Å². The maximum absolute atomic E-state index is 12.2. The average molecular weight is 333 g/mol. The first-order chi connectivity index (χ1) is 10.5. The summed E-state index contributed by atoms with van der Waals surface area (Å²) in [6.45, 7) is 4.62. The zero-order valence-corrected chi connectivity index (χ0v) is 14.5. The predicted molar refractivity (Wildman–Crippen MR) is 97.7 cm³/mol. The van der Waals surface area contributed by atoms with Crippen molar-refractivity contribution in [2.24, 2.45) is 5.73 Å². The number of hydrogen-bond acceptors (Lipinski definition) is 2. The molecule has 0 fully saturated rings. The van der Waals surface area contributed by atoms with Gasteiger partial charge in [0.25, 0.3) is 0 Å². The van der Waals surface area contributed by atoms with Gasteiger partial charge in [0.1, 0.15) is 0 Å². The molecule has 0 spiro atoms.